The van der Waals surface area contributed by atoms with E-state index in [9.17, 15) is 9.59 Å². The zero-order chi connectivity index (χ0) is 25.8. The van der Waals surface area contributed by atoms with E-state index >= 15 is 0 Å². The molecule has 1 fully saturated rings. The van der Waals surface area contributed by atoms with Crippen LogP contribution in [0.3, 0.4) is 0 Å². The first-order chi connectivity index (χ1) is 18.0. The minimum Gasteiger partial charge on any atom is -0.349 e. The number of hydrogen-bond acceptors (Lipinski definition) is 5. The highest BCUT2D eigenvalue weighted by molar-refractivity contribution is 6.04. The molecule has 0 unspecified atom stereocenters. The van der Waals surface area contributed by atoms with Crippen LogP contribution in [0.2, 0.25) is 0 Å². The number of carbonyl (C=O) groups excluding carboxylic acids is 2. The van der Waals surface area contributed by atoms with Crippen molar-refractivity contribution in [2.45, 2.75) is 64.8 Å². The fourth-order valence-electron chi connectivity index (χ4n) is 5.88. The van der Waals surface area contributed by atoms with Crippen molar-refractivity contribution < 1.29 is 9.59 Å². The molecule has 0 saturated heterocycles. The fraction of sp³-hybridized carbons (Fsp3) is 0.484. The summed E-state index contributed by atoms with van der Waals surface area (Å²) in [4.78, 5) is 36.7. The molecule has 6 heteroatoms. The molecule has 1 aliphatic heterocycles. The molecule has 0 spiro atoms. The van der Waals surface area contributed by atoms with Gasteiger partial charge in [-0.3, -0.25) is 19.6 Å². The van der Waals surface area contributed by atoms with Crippen molar-refractivity contribution in [3.05, 3.63) is 71.0 Å². The van der Waals surface area contributed by atoms with E-state index in [0.29, 0.717) is 11.1 Å². The predicted octanol–water partition coefficient (Wildman–Crippen LogP) is 5.25. The highest BCUT2D eigenvalue weighted by atomic mass is 16.1. The minimum absolute atomic E-state index is 0.0382. The van der Waals surface area contributed by atoms with Gasteiger partial charge < -0.3 is 10.2 Å². The van der Waals surface area contributed by atoms with Crippen LogP contribution in [0, 0.1) is 11.8 Å². The molecule has 1 aliphatic carbocycles. The van der Waals surface area contributed by atoms with E-state index in [4.69, 9.17) is 0 Å². The lowest BCUT2D eigenvalue weighted by Gasteiger charge is -2.30. The number of para-hydroxylation sites is 1. The van der Waals surface area contributed by atoms with Gasteiger partial charge in [0.25, 0.3) is 5.91 Å². The molecule has 0 radical (unpaired) electrons. The Morgan fingerprint density at radius 1 is 0.973 bits per heavy atom. The smallest absolute Gasteiger partial charge is 0.253 e. The van der Waals surface area contributed by atoms with Crippen molar-refractivity contribution >= 4 is 22.7 Å². The van der Waals surface area contributed by atoms with Gasteiger partial charge in [-0.1, -0.05) is 32.0 Å². The van der Waals surface area contributed by atoms with Gasteiger partial charge in [0.15, 0.2) is 5.78 Å². The number of hydrogen-bond donors (Lipinski definition) is 1. The molecule has 2 aromatic carbocycles. The highest BCUT2D eigenvalue weighted by Gasteiger charge is 2.25. The first-order valence-electron chi connectivity index (χ1n) is 13.9. The molecule has 6 nitrogen and oxygen atoms in total. The Labute approximate surface area is 219 Å². The summed E-state index contributed by atoms with van der Waals surface area (Å²) in [7, 11) is 0. The average Bonchev–Trinajstić information content (AvgIpc) is 3.13. The lowest BCUT2D eigenvalue weighted by atomic mass is 9.84. The van der Waals surface area contributed by atoms with Gasteiger partial charge in [0, 0.05) is 43.0 Å². The largest absolute Gasteiger partial charge is 0.349 e. The van der Waals surface area contributed by atoms with Gasteiger partial charge >= 0.3 is 0 Å². The lowest BCUT2D eigenvalue weighted by Crippen LogP contribution is -2.38. The van der Waals surface area contributed by atoms with Crippen LogP contribution in [0.1, 0.15) is 77.8 Å². The SMILES string of the molecule is CC(C)C(=O)c1ccc2c(c1)CCN(CCC1CCC(NC(=O)c3cccc4nccnc34)CC1)CC2. The zero-order valence-electron chi connectivity index (χ0n) is 22.1. The number of nitrogens with zero attached hydrogens (tertiary/aromatic N) is 3. The van der Waals surface area contributed by atoms with Crippen molar-refractivity contribution in [3.63, 3.8) is 0 Å². The number of carbonyl (C=O) groups is 2. The number of rotatable bonds is 7. The van der Waals surface area contributed by atoms with E-state index in [1.165, 1.54) is 17.5 Å². The van der Waals surface area contributed by atoms with Crippen LogP contribution in [0.25, 0.3) is 11.0 Å². The first kappa shape index (κ1) is 25.5. The molecule has 1 saturated carbocycles. The maximum Gasteiger partial charge on any atom is 0.253 e. The summed E-state index contributed by atoms with van der Waals surface area (Å²) in [6, 6.07) is 12.1. The number of fused-ring (bicyclic) bond motifs is 2. The molecule has 2 aliphatic rings. The van der Waals surface area contributed by atoms with Crippen molar-refractivity contribution in [2.24, 2.45) is 11.8 Å². The highest BCUT2D eigenvalue weighted by Crippen LogP contribution is 2.28. The standard InChI is InChI=1S/C31H38N4O2/c1-21(2)30(36)25-9-8-23-13-18-35(19-14-24(23)20-25)17-12-22-6-10-26(11-7-22)34-31(37)27-4-3-5-28-29(27)33-16-15-32-28/h3-5,8-9,15-16,20-22,26H,6-7,10-14,17-19H2,1-2H3,(H,34,37). The van der Waals surface area contributed by atoms with Gasteiger partial charge in [0.1, 0.15) is 5.52 Å². The minimum atomic E-state index is -0.0445. The molecule has 1 amide bonds. The van der Waals surface area contributed by atoms with Crippen molar-refractivity contribution in [2.75, 3.05) is 19.6 Å². The third-order valence-electron chi connectivity index (χ3n) is 8.19. The number of Topliss-reactive ketones (excluding diaryl/α,β-unsaturated/α-hetero) is 1. The fourth-order valence-corrected chi connectivity index (χ4v) is 5.88. The molecule has 0 atom stereocenters. The molecule has 194 valence electrons. The second kappa shape index (κ2) is 11.5. The number of ketones is 1. The Kier molecular flexibility index (Phi) is 7.94. The third-order valence-corrected chi connectivity index (χ3v) is 8.19. The summed E-state index contributed by atoms with van der Waals surface area (Å²) >= 11 is 0. The van der Waals surface area contributed by atoms with Gasteiger partial charge in [0.05, 0.1) is 11.1 Å². The average molecular weight is 499 g/mol. The zero-order valence-corrected chi connectivity index (χ0v) is 22.1. The van der Waals surface area contributed by atoms with E-state index < -0.39 is 0 Å². The van der Waals surface area contributed by atoms with Crippen molar-refractivity contribution in [1.29, 1.82) is 0 Å². The summed E-state index contributed by atoms with van der Waals surface area (Å²) in [5, 5.41) is 3.25. The number of aromatic nitrogens is 2. The monoisotopic (exact) mass is 498 g/mol. The molecule has 0 bridgehead atoms. The molecular weight excluding hydrogens is 460 g/mol. The van der Waals surface area contributed by atoms with Crippen molar-refractivity contribution in [1.82, 2.24) is 20.2 Å². The molecule has 5 rings (SSSR count). The number of nitrogens with one attached hydrogen (secondary N) is 1. The summed E-state index contributed by atoms with van der Waals surface area (Å²) in [5.41, 5.74) is 5.63. The van der Waals surface area contributed by atoms with E-state index in [0.717, 1.165) is 75.2 Å². The van der Waals surface area contributed by atoms with Crippen LogP contribution in [-0.2, 0) is 12.8 Å². The third kappa shape index (κ3) is 6.07. The second-order valence-corrected chi connectivity index (χ2v) is 11.1. The van der Waals surface area contributed by atoms with Crippen LogP contribution in [0.4, 0.5) is 0 Å². The van der Waals surface area contributed by atoms with E-state index in [1.54, 1.807) is 12.4 Å². The Morgan fingerprint density at radius 3 is 2.51 bits per heavy atom. The Hall–Kier alpha value is -3.12. The van der Waals surface area contributed by atoms with Gasteiger partial charge in [0.2, 0.25) is 0 Å². The summed E-state index contributed by atoms with van der Waals surface area (Å²) in [6.45, 7) is 7.21. The van der Waals surface area contributed by atoms with Crippen LogP contribution >= 0.6 is 0 Å². The Balaban J connectivity index is 1.08. The lowest BCUT2D eigenvalue weighted by molar-refractivity contribution is 0.0918. The van der Waals surface area contributed by atoms with E-state index in [-0.39, 0.29) is 23.7 Å². The molecule has 37 heavy (non-hydrogen) atoms. The normalized spacial score (nSPS) is 20.4. The van der Waals surface area contributed by atoms with Crippen LogP contribution in [0.15, 0.2) is 48.8 Å². The number of benzene rings is 2. The molecule has 1 N–H and O–H groups in total. The molecule has 1 aromatic heterocycles. The predicted molar refractivity (Wildman–Crippen MR) is 147 cm³/mol. The van der Waals surface area contributed by atoms with Gasteiger partial charge in [-0.15, -0.1) is 0 Å². The molecule has 2 heterocycles. The first-order valence-corrected chi connectivity index (χ1v) is 13.9. The van der Waals surface area contributed by atoms with Crippen LogP contribution < -0.4 is 5.32 Å². The number of amides is 1. The van der Waals surface area contributed by atoms with E-state index in [2.05, 4.69) is 32.3 Å². The topological polar surface area (TPSA) is 75.2 Å². The summed E-state index contributed by atoms with van der Waals surface area (Å²) < 4.78 is 0. The maximum atomic E-state index is 13.0. The Morgan fingerprint density at radius 2 is 1.73 bits per heavy atom. The van der Waals surface area contributed by atoms with Gasteiger partial charge in [-0.25, -0.2) is 0 Å². The van der Waals surface area contributed by atoms with Gasteiger partial charge in [-0.05, 0) is 86.7 Å². The van der Waals surface area contributed by atoms with E-state index in [1.807, 2.05) is 38.1 Å². The van der Waals surface area contributed by atoms with Crippen LogP contribution in [0.5, 0.6) is 0 Å². The molecular formula is C31H38N4O2. The van der Waals surface area contributed by atoms with Gasteiger partial charge in [-0.2, -0.15) is 0 Å². The van der Waals surface area contributed by atoms with Crippen molar-refractivity contribution in [3.8, 4) is 0 Å². The maximum absolute atomic E-state index is 13.0. The second-order valence-electron chi connectivity index (χ2n) is 11.1. The summed E-state index contributed by atoms with van der Waals surface area (Å²) in [5.74, 6) is 0.951. The molecule has 3 aromatic rings. The summed E-state index contributed by atoms with van der Waals surface area (Å²) in [6.07, 6.45) is 11.0. The van der Waals surface area contributed by atoms with Crippen LogP contribution in [-0.4, -0.2) is 52.2 Å². The quantitative estimate of drug-likeness (QED) is 0.451. The Bertz CT molecular complexity index is 1260.